The molecule has 1 N–H and O–H groups in total. The van der Waals surface area contributed by atoms with Crippen molar-refractivity contribution in [3.63, 3.8) is 0 Å². The van der Waals surface area contributed by atoms with Crippen molar-refractivity contribution in [1.29, 1.82) is 0 Å². The van der Waals surface area contributed by atoms with Crippen LogP contribution in [0.2, 0.25) is 0 Å². The highest BCUT2D eigenvalue weighted by molar-refractivity contribution is 5.93. The van der Waals surface area contributed by atoms with E-state index in [1.54, 1.807) is 37.8 Å². The van der Waals surface area contributed by atoms with E-state index in [2.05, 4.69) is 15.3 Å². The summed E-state index contributed by atoms with van der Waals surface area (Å²) >= 11 is 0. The molecular weight excluding hydrogens is 330 g/mol. The van der Waals surface area contributed by atoms with Crippen LogP contribution in [-0.2, 0) is 13.2 Å². The van der Waals surface area contributed by atoms with Gasteiger partial charge in [0.15, 0.2) is 11.5 Å². The van der Waals surface area contributed by atoms with E-state index in [1.807, 2.05) is 30.3 Å². The van der Waals surface area contributed by atoms with Crippen molar-refractivity contribution in [3.05, 3.63) is 83.9 Å². The minimum atomic E-state index is -0.172. The van der Waals surface area contributed by atoms with Gasteiger partial charge in [-0.05, 0) is 35.9 Å². The maximum atomic E-state index is 12.1. The van der Waals surface area contributed by atoms with E-state index in [0.717, 1.165) is 11.1 Å². The number of hydrogen-bond donors (Lipinski definition) is 1. The molecule has 0 bridgehead atoms. The Balaban J connectivity index is 1.62. The van der Waals surface area contributed by atoms with Gasteiger partial charge in [-0.15, -0.1) is 0 Å². The van der Waals surface area contributed by atoms with Crippen molar-refractivity contribution in [2.75, 3.05) is 7.11 Å². The number of carbonyl (C=O) groups is 1. The number of nitrogens with zero attached hydrogens (tertiary/aromatic N) is 2. The van der Waals surface area contributed by atoms with Crippen LogP contribution in [0.1, 0.15) is 21.5 Å². The molecule has 2 heterocycles. The zero-order valence-corrected chi connectivity index (χ0v) is 14.4. The molecule has 0 spiro atoms. The molecule has 0 aliphatic carbocycles. The third-order valence-corrected chi connectivity index (χ3v) is 3.72. The van der Waals surface area contributed by atoms with Crippen molar-refractivity contribution in [2.24, 2.45) is 0 Å². The van der Waals surface area contributed by atoms with E-state index in [-0.39, 0.29) is 5.91 Å². The van der Waals surface area contributed by atoms with Gasteiger partial charge in [-0.1, -0.05) is 12.1 Å². The van der Waals surface area contributed by atoms with Gasteiger partial charge in [0, 0.05) is 36.9 Å². The smallest absolute Gasteiger partial charge is 0.253 e. The summed E-state index contributed by atoms with van der Waals surface area (Å²) in [4.78, 5) is 20.1. The average molecular weight is 349 g/mol. The summed E-state index contributed by atoms with van der Waals surface area (Å²) in [5.74, 6) is 1.08. The Morgan fingerprint density at radius 2 is 1.81 bits per heavy atom. The largest absolute Gasteiger partial charge is 0.493 e. The van der Waals surface area contributed by atoms with Gasteiger partial charge in [-0.2, -0.15) is 0 Å². The van der Waals surface area contributed by atoms with Gasteiger partial charge in [0.1, 0.15) is 6.61 Å². The SMILES string of the molecule is COc1cc(CNC(=O)c2cccnc2)ccc1OCc1cccnc1. The molecule has 0 atom stereocenters. The number of amides is 1. The first-order chi connectivity index (χ1) is 12.8. The lowest BCUT2D eigenvalue weighted by molar-refractivity contribution is 0.0950. The monoisotopic (exact) mass is 349 g/mol. The molecule has 2 aromatic heterocycles. The van der Waals surface area contributed by atoms with E-state index < -0.39 is 0 Å². The standard InChI is InChI=1S/C20H19N3O3/c1-25-19-10-15(12-23-20(24)17-5-3-9-22-13-17)6-7-18(19)26-14-16-4-2-8-21-11-16/h2-11,13H,12,14H2,1H3,(H,23,24). The van der Waals surface area contributed by atoms with E-state index in [9.17, 15) is 4.79 Å². The Labute approximate surface area is 151 Å². The zero-order chi connectivity index (χ0) is 18.2. The van der Waals surface area contributed by atoms with Crippen LogP contribution in [0.4, 0.5) is 0 Å². The molecule has 0 aliphatic heterocycles. The molecule has 132 valence electrons. The minimum Gasteiger partial charge on any atom is -0.493 e. The molecule has 0 fully saturated rings. The van der Waals surface area contributed by atoms with Gasteiger partial charge in [-0.3, -0.25) is 14.8 Å². The van der Waals surface area contributed by atoms with Crippen LogP contribution >= 0.6 is 0 Å². The Morgan fingerprint density at radius 3 is 2.50 bits per heavy atom. The fourth-order valence-corrected chi connectivity index (χ4v) is 2.37. The number of ether oxygens (including phenoxy) is 2. The summed E-state index contributed by atoms with van der Waals surface area (Å²) in [5.41, 5.74) is 2.41. The first kappa shape index (κ1) is 17.4. The highest BCUT2D eigenvalue weighted by Crippen LogP contribution is 2.28. The van der Waals surface area contributed by atoms with E-state index in [4.69, 9.17) is 9.47 Å². The van der Waals surface area contributed by atoms with Gasteiger partial charge < -0.3 is 14.8 Å². The maximum absolute atomic E-state index is 12.1. The summed E-state index contributed by atoms with van der Waals surface area (Å²) in [6.07, 6.45) is 6.64. The number of hydrogen-bond acceptors (Lipinski definition) is 5. The molecule has 6 nitrogen and oxygen atoms in total. The third kappa shape index (κ3) is 4.57. The summed E-state index contributed by atoms with van der Waals surface area (Å²) in [5, 5.41) is 2.86. The fraction of sp³-hybridized carbons (Fsp3) is 0.150. The first-order valence-corrected chi connectivity index (χ1v) is 8.13. The van der Waals surface area contributed by atoms with Gasteiger partial charge in [0.05, 0.1) is 12.7 Å². The average Bonchev–Trinajstić information content (AvgIpc) is 2.72. The first-order valence-electron chi connectivity index (χ1n) is 8.13. The lowest BCUT2D eigenvalue weighted by atomic mass is 10.2. The Hall–Kier alpha value is -3.41. The van der Waals surface area contributed by atoms with Gasteiger partial charge in [0.2, 0.25) is 0 Å². The Bertz CT molecular complexity index is 855. The number of methoxy groups -OCH3 is 1. The quantitative estimate of drug-likeness (QED) is 0.710. The highest BCUT2D eigenvalue weighted by atomic mass is 16.5. The van der Waals surface area contributed by atoms with Crippen LogP contribution in [0.3, 0.4) is 0 Å². The number of nitrogens with one attached hydrogen (secondary N) is 1. The van der Waals surface area contributed by atoms with Crippen molar-refractivity contribution in [2.45, 2.75) is 13.2 Å². The van der Waals surface area contributed by atoms with Gasteiger partial charge in [-0.25, -0.2) is 0 Å². The summed E-state index contributed by atoms with van der Waals surface area (Å²) < 4.78 is 11.2. The second-order valence-electron chi connectivity index (χ2n) is 5.56. The van der Waals surface area contributed by atoms with Crippen LogP contribution in [0, 0.1) is 0 Å². The molecule has 1 aromatic carbocycles. The number of benzene rings is 1. The normalized spacial score (nSPS) is 10.2. The molecular formula is C20H19N3O3. The van der Waals surface area contributed by atoms with Crippen LogP contribution in [0.15, 0.2) is 67.3 Å². The molecule has 6 heteroatoms. The molecule has 0 unspecified atom stereocenters. The van der Waals surface area contributed by atoms with Gasteiger partial charge in [0.25, 0.3) is 5.91 Å². The highest BCUT2D eigenvalue weighted by Gasteiger charge is 2.09. The summed E-state index contributed by atoms with van der Waals surface area (Å²) in [6.45, 7) is 0.786. The van der Waals surface area contributed by atoms with Crippen LogP contribution in [-0.4, -0.2) is 23.0 Å². The van der Waals surface area contributed by atoms with Crippen LogP contribution in [0.25, 0.3) is 0 Å². The topological polar surface area (TPSA) is 73.3 Å². The summed E-state index contributed by atoms with van der Waals surface area (Å²) in [6, 6.07) is 12.8. The Kier molecular flexibility index (Phi) is 5.77. The lowest BCUT2D eigenvalue weighted by Gasteiger charge is -2.12. The minimum absolute atomic E-state index is 0.172. The molecule has 0 radical (unpaired) electrons. The molecule has 0 saturated carbocycles. The predicted octanol–water partition coefficient (Wildman–Crippen LogP) is 2.99. The zero-order valence-electron chi connectivity index (χ0n) is 14.4. The fourth-order valence-electron chi connectivity index (χ4n) is 2.37. The Morgan fingerprint density at radius 1 is 1.00 bits per heavy atom. The predicted molar refractivity (Wildman–Crippen MR) is 97.0 cm³/mol. The van der Waals surface area contributed by atoms with Crippen molar-refractivity contribution in [3.8, 4) is 11.5 Å². The van der Waals surface area contributed by atoms with Crippen LogP contribution in [0.5, 0.6) is 11.5 Å². The summed E-state index contributed by atoms with van der Waals surface area (Å²) in [7, 11) is 1.59. The number of aromatic nitrogens is 2. The van der Waals surface area contributed by atoms with Crippen molar-refractivity contribution in [1.82, 2.24) is 15.3 Å². The number of pyridine rings is 2. The molecule has 0 saturated heterocycles. The van der Waals surface area contributed by atoms with E-state index >= 15 is 0 Å². The number of rotatable bonds is 7. The molecule has 26 heavy (non-hydrogen) atoms. The van der Waals surface area contributed by atoms with Gasteiger partial charge >= 0.3 is 0 Å². The maximum Gasteiger partial charge on any atom is 0.253 e. The van der Waals surface area contributed by atoms with E-state index in [0.29, 0.717) is 30.2 Å². The lowest BCUT2D eigenvalue weighted by Crippen LogP contribution is -2.22. The molecule has 3 rings (SSSR count). The van der Waals surface area contributed by atoms with Crippen LogP contribution < -0.4 is 14.8 Å². The second-order valence-corrected chi connectivity index (χ2v) is 5.56. The molecule has 3 aromatic rings. The second kappa shape index (κ2) is 8.62. The van der Waals surface area contributed by atoms with Crippen molar-refractivity contribution < 1.29 is 14.3 Å². The molecule has 1 amide bonds. The van der Waals surface area contributed by atoms with Crippen molar-refractivity contribution >= 4 is 5.91 Å². The third-order valence-electron chi connectivity index (χ3n) is 3.72. The number of carbonyl (C=O) groups excluding carboxylic acids is 1. The molecule has 0 aliphatic rings. The van der Waals surface area contributed by atoms with E-state index in [1.165, 1.54) is 6.20 Å².